The van der Waals surface area contributed by atoms with Crippen LogP contribution in [0.3, 0.4) is 0 Å². The lowest BCUT2D eigenvalue weighted by atomic mass is 9.77. The first-order chi connectivity index (χ1) is 9.72. The van der Waals surface area contributed by atoms with Crippen LogP contribution in [0.5, 0.6) is 0 Å². The van der Waals surface area contributed by atoms with Crippen LogP contribution in [-0.4, -0.2) is 17.6 Å². The highest BCUT2D eigenvalue weighted by molar-refractivity contribution is 7.12. The lowest BCUT2D eigenvalue weighted by molar-refractivity contribution is -0.136. The van der Waals surface area contributed by atoms with E-state index < -0.39 is 5.97 Å². The van der Waals surface area contributed by atoms with Crippen molar-refractivity contribution in [3.63, 3.8) is 0 Å². The number of aliphatic carboxylic acids is 1. The first-order valence-corrected chi connectivity index (χ1v) is 7.62. The summed E-state index contributed by atoms with van der Waals surface area (Å²) >= 11 is 1.58. The molecule has 1 aliphatic rings. The van der Waals surface area contributed by atoms with Crippen LogP contribution in [0.4, 0.5) is 0 Å². The van der Waals surface area contributed by atoms with Gasteiger partial charge in [-0.3, -0.25) is 4.79 Å². The Kier molecular flexibility index (Phi) is 3.85. The van der Waals surface area contributed by atoms with Crippen LogP contribution in [0.15, 0.2) is 36.4 Å². The summed E-state index contributed by atoms with van der Waals surface area (Å²) in [5.41, 5.74) is 2.94. The first kappa shape index (κ1) is 13.3. The quantitative estimate of drug-likeness (QED) is 0.859. The lowest BCUT2D eigenvalue weighted by Gasteiger charge is -2.30. The van der Waals surface area contributed by atoms with Crippen LogP contribution in [0, 0.1) is 0 Å². The van der Waals surface area contributed by atoms with E-state index in [0.717, 1.165) is 24.4 Å². The molecule has 2 N–H and O–H groups in total. The van der Waals surface area contributed by atoms with Crippen LogP contribution < -0.4 is 5.32 Å². The number of carboxylic acid groups (broad SMARTS) is 1. The Morgan fingerprint density at radius 3 is 2.85 bits per heavy atom. The molecule has 1 atom stereocenters. The Bertz CT molecular complexity index is 620. The SMILES string of the molecule is O=C(O)Cc1ccc(CNCC2Cc3ccccc32)s1. The van der Waals surface area contributed by atoms with Crippen LogP contribution in [0.25, 0.3) is 0 Å². The molecule has 4 heteroatoms. The average Bonchev–Trinajstić information content (AvgIpc) is 2.81. The van der Waals surface area contributed by atoms with Crippen molar-refractivity contribution >= 4 is 17.3 Å². The van der Waals surface area contributed by atoms with Gasteiger partial charge in [-0.25, -0.2) is 0 Å². The molecule has 1 aliphatic carbocycles. The number of hydrogen-bond donors (Lipinski definition) is 2. The van der Waals surface area contributed by atoms with E-state index in [1.165, 1.54) is 16.0 Å². The summed E-state index contributed by atoms with van der Waals surface area (Å²) in [5, 5.41) is 12.2. The summed E-state index contributed by atoms with van der Waals surface area (Å²) in [6, 6.07) is 12.5. The summed E-state index contributed by atoms with van der Waals surface area (Å²) in [5.74, 6) is -0.137. The van der Waals surface area contributed by atoms with Gasteiger partial charge < -0.3 is 10.4 Å². The first-order valence-electron chi connectivity index (χ1n) is 6.80. The van der Waals surface area contributed by atoms with E-state index >= 15 is 0 Å². The zero-order valence-electron chi connectivity index (χ0n) is 11.1. The molecule has 1 aromatic heterocycles. The zero-order chi connectivity index (χ0) is 13.9. The van der Waals surface area contributed by atoms with Crippen molar-refractivity contribution in [2.45, 2.75) is 25.3 Å². The maximum atomic E-state index is 10.6. The molecule has 20 heavy (non-hydrogen) atoms. The fourth-order valence-electron chi connectivity index (χ4n) is 2.68. The third-order valence-corrected chi connectivity index (χ3v) is 4.78. The van der Waals surface area contributed by atoms with Gasteiger partial charge in [0.2, 0.25) is 0 Å². The molecule has 104 valence electrons. The third kappa shape index (κ3) is 2.92. The van der Waals surface area contributed by atoms with Gasteiger partial charge >= 0.3 is 5.97 Å². The Labute approximate surface area is 122 Å². The Balaban J connectivity index is 1.47. The predicted molar refractivity (Wildman–Crippen MR) is 80.3 cm³/mol. The number of rotatable bonds is 6. The average molecular weight is 287 g/mol. The highest BCUT2D eigenvalue weighted by Crippen LogP contribution is 2.34. The summed E-state index contributed by atoms with van der Waals surface area (Å²) in [4.78, 5) is 12.8. The van der Waals surface area contributed by atoms with Gasteiger partial charge in [0.05, 0.1) is 6.42 Å². The van der Waals surface area contributed by atoms with Gasteiger partial charge in [0.1, 0.15) is 0 Å². The normalized spacial score (nSPS) is 16.5. The highest BCUT2D eigenvalue weighted by atomic mass is 32.1. The second-order valence-corrected chi connectivity index (χ2v) is 6.42. The van der Waals surface area contributed by atoms with Crippen molar-refractivity contribution in [1.29, 1.82) is 0 Å². The molecule has 2 aromatic rings. The molecular formula is C16H17NO2S. The molecule has 1 aromatic carbocycles. The minimum Gasteiger partial charge on any atom is -0.481 e. The molecular weight excluding hydrogens is 270 g/mol. The van der Waals surface area contributed by atoms with Crippen molar-refractivity contribution in [3.05, 3.63) is 57.3 Å². The molecule has 0 fully saturated rings. The zero-order valence-corrected chi connectivity index (χ0v) is 12.0. The molecule has 0 radical (unpaired) electrons. The second-order valence-electron chi connectivity index (χ2n) is 5.17. The van der Waals surface area contributed by atoms with E-state index in [2.05, 4.69) is 29.6 Å². The standard InChI is InChI=1S/C16H17NO2S/c18-16(19)8-13-5-6-14(20-13)10-17-9-12-7-11-3-1-2-4-15(11)12/h1-6,12,17H,7-10H2,(H,18,19). The third-order valence-electron chi connectivity index (χ3n) is 3.69. The van der Waals surface area contributed by atoms with Crippen LogP contribution in [0.2, 0.25) is 0 Å². The fraction of sp³-hybridized carbons (Fsp3) is 0.312. The molecule has 1 heterocycles. The monoisotopic (exact) mass is 287 g/mol. The van der Waals surface area contributed by atoms with Crippen molar-refractivity contribution in [3.8, 4) is 0 Å². The fourth-order valence-corrected chi connectivity index (χ4v) is 3.65. The maximum Gasteiger partial charge on any atom is 0.308 e. The van der Waals surface area contributed by atoms with Gasteiger partial charge in [-0.2, -0.15) is 0 Å². The summed E-state index contributed by atoms with van der Waals surface area (Å²) in [7, 11) is 0. The maximum absolute atomic E-state index is 10.6. The van der Waals surface area contributed by atoms with Crippen LogP contribution in [-0.2, 0) is 24.2 Å². The van der Waals surface area contributed by atoms with Gasteiger partial charge in [-0.1, -0.05) is 24.3 Å². The van der Waals surface area contributed by atoms with Crippen LogP contribution >= 0.6 is 11.3 Å². The number of hydrogen-bond acceptors (Lipinski definition) is 3. The summed E-state index contributed by atoms with van der Waals surface area (Å²) in [6.45, 7) is 1.81. The Hall–Kier alpha value is -1.65. The van der Waals surface area contributed by atoms with Gasteiger partial charge in [0.25, 0.3) is 0 Å². The summed E-state index contributed by atoms with van der Waals surface area (Å²) in [6.07, 6.45) is 1.29. The van der Waals surface area contributed by atoms with Gasteiger partial charge in [-0.15, -0.1) is 11.3 Å². The number of carboxylic acids is 1. The minimum absolute atomic E-state index is 0.126. The molecule has 3 nitrogen and oxygen atoms in total. The Morgan fingerprint density at radius 1 is 1.25 bits per heavy atom. The molecule has 0 spiro atoms. The van der Waals surface area contributed by atoms with Crippen LogP contribution in [0.1, 0.15) is 26.8 Å². The predicted octanol–water partition coefficient (Wildman–Crippen LogP) is 2.80. The molecule has 0 aliphatic heterocycles. The van der Waals surface area contributed by atoms with E-state index in [0.29, 0.717) is 5.92 Å². The van der Waals surface area contributed by atoms with E-state index in [9.17, 15) is 4.79 Å². The van der Waals surface area contributed by atoms with E-state index in [-0.39, 0.29) is 6.42 Å². The van der Waals surface area contributed by atoms with E-state index in [4.69, 9.17) is 5.11 Å². The number of nitrogens with one attached hydrogen (secondary N) is 1. The molecule has 0 saturated heterocycles. The molecule has 0 bridgehead atoms. The smallest absolute Gasteiger partial charge is 0.308 e. The number of fused-ring (bicyclic) bond motifs is 1. The highest BCUT2D eigenvalue weighted by Gasteiger charge is 2.24. The largest absolute Gasteiger partial charge is 0.481 e. The number of thiophene rings is 1. The van der Waals surface area contributed by atoms with E-state index in [1.54, 1.807) is 11.3 Å². The topological polar surface area (TPSA) is 49.3 Å². The van der Waals surface area contributed by atoms with Gasteiger partial charge in [0.15, 0.2) is 0 Å². The van der Waals surface area contributed by atoms with Gasteiger partial charge in [-0.05, 0) is 29.7 Å². The lowest BCUT2D eigenvalue weighted by Crippen LogP contribution is -2.28. The second kappa shape index (κ2) is 5.77. The van der Waals surface area contributed by atoms with Crippen molar-refractivity contribution in [2.75, 3.05) is 6.54 Å². The van der Waals surface area contributed by atoms with Crippen molar-refractivity contribution in [1.82, 2.24) is 5.32 Å². The number of benzene rings is 1. The molecule has 0 saturated carbocycles. The minimum atomic E-state index is -0.766. The van der Waals surface area contributed by atoms with E-state index in [1.807, 2.05) is 12.1 Å². The molecule has 1 unspecified atom stereocenters. The Morgan fingerprint density at radius 2 is 2.05 bits per heavy atom. The summed E-state index contributed by atoms with van der Waals surface area (Å²) < 4.78 is 0. The van der Waals surface area contributed by atoms with Gasteiger partial charge in [0, 0.05) is 28.8 Å². The number of carbonyl (C=O) groups is 1. The van der Waals surface area contributed by atoms with Crippen molar-refractivity contribution in [2.24, 2.45) is 0 Å². The van der Waals surface area contributed by atoms with Crippen molar-refractivity contribution < 1.29 is 9.90 Å². The molecule has 3 rings (SSSR count). The molecule has 0 amide bonds.